The van der Waals surface area contributed by atoms with Crippen molar-refractivity contribution in [1.82, 2.24) is 10.2 Å². The maximum absolute atomic E-state index is 4.04. The average Bonchev–Trinajstić information content (AvgIpc) is 2.19. The Morgan fingerprint density at radius 3 is 2.29 bits per heavy atom. The molecule has 1 aromatic carbocycles. The Morgan fingerprint density at radius 1 is 0.929 bits per heavy atom. The van der Waals surface area contributed by atoms with Crippen molar-refractivity contribution in [3.63, 3.8) is 0 Å². The molecule has 2 aromatic rings. The number of halogens is 2. The molecule has 1 aromatic heterocycles. The normalized spacial score (nSPS) is 10.1. The largest absolute Gasteiger partial charge is 0.157 e. The molecule has 0 spiro atoms. The van der Waals surface area contributed by atoms with Crippen LogP contribution in [-0.2, 0) is 0 Å². The first-order chi connectivity index (χ1) is 6.75. The summed E-state index contributed by atoms with van der Waals surface area (Å²) in [6.45, 7) is 0. The molecule has 0 unspecified atom stereocenters. The van der Waals surface area contributed by atoms with Gasteiger partial charge in [0.05, 0.1) is 11.9 Å². The second kappa shape index (κ2) is 4.19. The summed E-state index contributed by atoms with van der Waals surface area (Å²) in [4.78, 5) is 0. The lowest BCUT2D eigenvalue weighted by Gasteiger charge is -1.99. The summed E-state index contributed by atoms with van der Waals surface area (Å²) in [6.07, 6.45) is 1.67. The summed E-state index contributed by atoms with van der Waals surface area (Å²) in [5.74, 6) is 0. The van der Waals surface area contributed by atoms with Gasteiger partial charge in [-0.1, -0.05) is 28.1 Å². The third kappa shape index (κ3) is 2.19. The van der Waals surface area contributed by atoms with Gasteiger partial charge in [-0.05, 0) is 34.1 Å². The summed E-state index contributed by atoms with van der Waals surface area (Å²) in [5, 5.41) is 7.92. The van der Waals surface area contributed by atoms with Crippen LogP contribution in [0.4, 0.5) is 0 Å². The summed E-state index contributed by atoms with van der Waals surface area (Å²) in [7, 11) is 0. The molecule has 0 amide bonds. The minimum Gasteiger partial charge on any atom is -0.157 e. The standard InChI is InChI=1S/C10H6Br2N2/c11-8-3-1-7(2-4-8)10-5-9(12)6-13-14-10/h1-6H. The van der Waals surface area contributed by atoms with Crippen molar-refractivity contribution in [3.05, 3.63) is 45.5 Å². The number of aromatic nitrogens is 2. The molecule has 14 heavy (non-hydrogen) atoms. The number of rotatable bonds is 1. The maximum atomic E-state index is 4.04. The van der Waals surface area contributed by atoms with Gasteiger partial charge in [0, 0.05) is 14.5 Å². The van der Waals surface area contributed by atoms with Crippen LogP contribution in [0.3, 0.4) is 0 Å². The van der Waals surface area contributed by atoms with E-state index in [2.05, 4.69) is 42.1 Å². The molecule has 2 rings (SSSR count). The first kappa shape index (κ1) is 9.80. The van der Waals surface area contributed by atoms with Crippen LogP contribution >= 0.6 is 31.9 Å². The summed E-state index contributed by atoms with van der Waals surface area (Å²) in [5.41, 5.74) is 1.92. The number of nitrogens with zero attached hydrogens (tertiary/aromatic N) is 2. The van der Waals surface area contributed by atoms with Crippen molar-refractivity contribution in [2.45, 2.75) is 0 Å². The van der Waals surface area contributed by atoms with E-state index in [1.54, 1.807) is 6.20 Å². The van der Waals surface area contributed by atoms with Gasteiger partial charge in [0.25, 0.3) is 0 Å². The van der Waals surface area contributed by atoms with E-state index in [0.717, 1.165) is 20.2 Å². The number of benzene rings is 1. The topological polar surface area (TPSA) is 25.8 Å². The quantitative estimate of drug-likeness (QED) is 0.803. The van der Waals surface area contributed by atoms with Gasteiger partial charge in [-0.25, -0.2) is 0 Å². The van der Waals surface area contributed by atoms with E-state index < -0.39 is 0 Å². The van der Waals surface area contributed by atoms with Crippen molar-refractivity contribution in [2.24, 2.45) is 0 Å². The summed E-state index contributed by atoms with van der Waals surface area (Å²) in [6, 6.07) is 9.91. The summed E-state index contributed by atoms with van der Waals surface area (Å²) < 4.78 is 2.00. The lowest BCUT2D eigenvalue weighted by Crippen LogP contribution is -1.86. The van der Waals surface area contributed by atoms with E-state index in [0.29, 0.717) is 0 Å². The highest BCUT2D eigenvalue weighted by molar-refractivity contribution is 9.10. The van der Waals surface area contributed by atoms with Crippen LogP contribution in [0.25, 0.3) is 11.3 Å². The molecule has 1 heterocycles. The van der Waals surface area contributed by atoms with Crippen LogP contribution in [-0.4, -0.2) is 10.2 Å². The highest BCUT2D eigenvalue weighted by atomic mass is 79.9. The fraction of sp³-hybridized carbons (Fsp3) is 0. The van der Waals surface area contributed by atoms with Crippen LogP contribution in [0.2, 0.25) is 0 Å². The molecular formula is C10H6Br2N2. The van der Waals surface area contributed by atoms with E-state index >= 15 is 0 Å². The second-order valence-corrected chi connectivity index (χ2v) is 4.60. The Bertz CT molecular complexity index is 440. The van der Waals surface area contributed by atoms with E-state index in [1.807, 2.05) is 30.3 Å². The highest BCUT2D eigenvalue weighted by Crippen LogP contribution is 2.21. The lowest BCUT2D eigenvalue weighted by molar-refractivity contribution is 1.03. The van der Waals surface area contributed by atoms with Gasteiger partial charge in [-0.2, -0.15) is 10.2 Å². The van der Waals surface area contributed by atoms with Crippen LogP contribution in [0.5, 0.6) is 0 Å². The van der Waals surface area contributed by atoms with Crippen LogP contribution in [0.1, 0.15) is 0 Å². The van der Waals surface area contributed by atoms with Crippen molar-refractivity contribution in [2.75, 3.05) is 0 Å². The predicted octanol–water partition coefficient (Wildman–Crippen LogP) is 3.67. The van der Waals surface area contributed by atoms with Gasteiger partial charge in [0.2, 0.25) is 0 Å². The third-order valence-corrected chi connectivity index (χ3v) is 2.72. The van der Waals surface area contributed by atoms with E-state index in [4.69, 9.17) is 0 Å². The van der Waals surface area contributed by atoms with Gasteiger partial charge in [0.1, 0.15) is 0 Å². The van der Waals surface area contributed by atoms with Crippen molar-refractivity contribution < 1.29 is 0 Å². The Kier molecular flexibility index (Phi) is 2.93. The monoisotopic (exact) mass is 312 g/mol. The minimum absolute atomic E-state index is 0.867. The first-order valence-electron chi connectivity index (χ1n) is 4.00. The molecule has 2 nitrogen and oxygen atoms in total. The number of hydrogen-bond donors (Lipinski definition) is 0. The van der Waals surface area contributed by atoms with Gasteiger partial charge in [0.15, 0.2) is 0 Å². The number of hydrogen-bond acceptors (Lipinski definition) is 2. The Hall–Kier alpha value is -0.740. The van der Waals surface area contributed by atoms with Crippen LogP contribution in [0.15, 0.2) is 45.5 Å². The maximum Gasteiger partial charge on any atom is 0.0940 e. The third-order valence-electron chi connectivity index (χ3n) is 1.76. The molecule has 0 aliphatic rings. The molecule has 0 aliphatic heterocycles. The van der Waals surface area contributed by atoms with Crippen molar-refractivity contribution in [1.29, 1.82) is 0 Å². The van der Waals surface area contributed by atoms with Gasteiger partial charge < -0.3 is 0 Å². The van der Waals surface area contributed by atoms with E-state index in [-0.39, 0.29) is 0 Å². The molecule has 0 aliphatic carbocycles. The Morgan fingerprint density at radius 2 is 1.64 bits per heavy atom. The second-order valence-electron chi connectivity index (χ2n) is 2.77. The molecule has 0 radical (unpaired) electrons. The molecule has 0 fully saturated rings. The molecule has 0 atom stereocenters. The Labute approximate surface area is 98.6 Å². The first-order valence-corrected chi connectivity index (χ1v) is 5.58. The highest BCUT2D eigenvalue weighted by Gasteiger charge is 1.99. The SMILES string of the molecule is Brc1ccc(-c2cc(Br)cnn2)cc1. The lowest BCUT2D eigenvalue weighted by atomic mass is 10.1. The molecule has 4 heteroatoms. The van der Waals surface area contributed by atoms with Crippen LogP contribution < -0.4 is 0 Å². The molecule has 0 bridgehead atoms. The smallest absolute Gasteiger partial charge is 0.0940 e. The van der Waals surface area contributed by atoms with Crippen molar-refractivity contribution in [3.8, 4) is 11.3 Å². The van der Waals surface area contributed by atoms with Gasteiger partial charge in [-0.15, -0.1) is 0 Å². The predicted molar refractivity (Wildman–Crippen MR) is 62.9 cm³/mol. The molecule has 0 saturated carbocycles. The Balaban J connectivity index is 2.44. The molecule has 0 N–H and O–H groups in total. The van der Waals surface area contributed by atoms with Gasteiger partial charge in [-0.3, -0.25) is 0 Å². The zero-order valence-corrected chi connectivity index (χ0v) is 10.3. The minimum atomic E-state index is 0.867. The van der Waals surface area contributed by atoms with E-state index in [9.17, 15) is 0 Å². The fourth-order valence-corrected chi connectivity index (χ4v) is 1.68. The zero-order chi connectivity index (χ0) is 9.97. The molecule has 0 saturated heterocycles. The van der Waals surface area contributed by atoms with E-state index in [1.165, 1.54) is 0 Å². The van der Waals surface area contributed by atoms with Gasteiger partial charge >= 0.3 is 0 Å². The zero-order valence-electron chi connectivity index (χ0n) is 7.11. The molecular weight excluding hydrogens is 308 g/mol. The van der Waals surface area contributed by atoms with Crippen molar-refractivity contribution >= 4 is 31.9 Å². The molecule has 70 valence electrons. The fourth-order valence-electron chi connectivity index (χ4n) is 1.10. The average molecular weight is 314 g/mol. The summed E-state index contributed by atoms with van der Waals surface area (Å²) >= 11 is 6.75. The van der Waals surface area contributed by atoms with Crippen LogP contribution in [0, 0.1) is 0 Å².